The first-order valence-corrected chi connectivity index (χ1v) is 7.87. The van der Waals surface area contributed by atoms with Crippen molar-refractivity contribution >= 4 is 15.7 Å². The quantitative estimate of drug-likeness (QED) is 0.914. The third-order valence-electron chi connectivity index (χ3n) is 3.39. The van der Waals surface area contributed by atoms with Crippen LogP contribution in [0.15, 0.2) is 18.2 Å². The topological polar surface area (TPSA) is 63.2 Å². The highest BCUT2D eigenvalue weighted by molar-refractivity contribution is 7.92. The van der Waals surface area contributed by atoms with Gasteiger partial charge in [-0.05, 0) is 43.5 Å². The predicted molar refractivity (Wildman–Crippen MR) is 70.3 cm³/mol. The zero-order valence-electron chi connectivity index (χ0n) is 10.6. The fourth-order valence-corrected chi connectivity index (χ4v) is 4.04. The predicted octanol–water partition coefficient (Wildman–Crippen LogP) is 1.44. The van der Waals surface area contributed by atoms with Crippen LogP contribution in [0.5, 0.6) is 0 Å². The maximum absolute atomic E-state index is 12.9. The molecule has 2 rings (SSSR count). The second-order valence-electron chi connectivity index (χ2n) is 4.80. The minimum Gasteiger partial charge on any atom is -0.351 e. The van der Waals surface area contributed by atoms with E-state index in [9.17, 15) is 17.6 Å². The number of halogens is 1. The lowest BCUT2D eigenvalue weighted by molar-refractivity contribution is 0.0953. The fraction of sp³-hybridized carbons (Fsp3) is 0.462. The number of hydrogen-bond acceptors (Lipinski definition) is 3. The Balaban J connectivity index is 2.02. The summed E-state index contributed by atoms with van der Waals surface area (Å²) in [6, 6.07) is 3.90. The summed E-state index contributed by atoms with van der Waals surface area (Å²) >= 11 is 0. The number of hydrogen-bond donors (Lipinski definition) is 1. The number of carbonyl (C=O) groups excluding carboxylic acids is 1. The lowest BCUT2D eigenvalue weighted by Crippen LogP contribution is -2.34. The number of rotatable bonds is 3. The van der Waals surface area contributed by atoms with Gasteiger partial charge in [0.25, 0.3) is 5.91 Å². The SMILES string of the molecule is Cc1cc(F)ccc1C(=O)NCC1CCCS1(=O)=O. The largest absolute Gasteiger partial charge is 0.351 e. The lowest BCUT2D eigenvalue weighted by atomic mass is 10.1. The number of nitrogens with one attached hydrogen (secondary N) is 1. The first-order valence-electron chi connectivity index (χ1n) is 6.16. The van der Waals surface area contributed by atoms with Gasteiger partial charge >= 0.3 is 0 Å². The van der Waals surface area contributed by atoms with E-state index in [1.807, 2.05) is 0 Å². The van der Waals surface area contributed by atoms with Crippen LogP contribution in [-0.4, -0.2) is 31.9 Å². The minimum absolute atomic E-state index is 0.123. The maximum Gasteiger partial charge on any atom is 0.251 e. The van der Waals surface area contributed by atoms with E-state index in [2.05, 4.69) is 5.32 Å². The van der Waals surface area contributed by atoms with Gasteiger partial charge < -0.3 is 5.32 Å². The molecule has 1 atom stereocenters. The second kappa shape index (κ2) is 5.28. The summed E-state index contributed by atoms with van der Waals surface area (Å²) in [4.78, 5) is 11.9. The van der Waals surface area contributed by atoms with Crippen molar-refractivity contribution in [2.24, 2.45) is 0 Å². The van der Waals surface area contributed by atoms with Crippen molar-refractivity contribution in [3.05, 3.63) is 35.1 Å². The van der Waals surface area contributed by atoms with E-state index < -0.39 is 20.9 Å². The summed E-state index contributed by atoms with van der Waals surface area (Å²) in [5, 5.41) is 2.13. The summed E-state index contributed by atoms with van der Waals surface area (Å²) in [6.07, 6.45) is 1.24. The molecule has 0 spiro atoms. The lowest BCUT2D eigenvalue weighted by Gasteiger charge is -2.12. The van der Waals surface area contributed by atoms with Gasteiger partial charge in [-0.1, -0.05) is 0 Å². The Morgan fingerprint density at radius 2 is 2.21 bits per heavy atom. The van der Waals surface area contributed by atoms with Gasteiger partial charge in [0, 0.05) is 12.1 Å². The van der Waals surface area contributed by atoms with Crippen molar-refractivity contribution in [2.75, 3.05) is 12.3 Å². The molecule has 104 valence electrons. The van der Waals surface area contributed by atoms with Gasteiger partial charge in [-0.15, -0.1) is 0 Å². The van der Waals surface area contributed by atoms with Crippen LogP contribution >= 0.6 is 0 Å². The van der Waals surface area contributed by atoms with E-state index in [1.54, 1.807) is 6.92 Å². The molecule has 1 aromatic carbocycles. The zero-order valence-corrected chi connectivity index (χ0v) is 11.5. The molecule has 1 aliphatic heterocycles. The molecule has 4 nitrogen and oxygen atoms in total. The standard InChI is InChI=1S/C13H16FNO3S/c1-9-7-10(14)4-5-12(9)13(16)15-8-11-3-2-6-19(11,17)18/h4-5,7,11H,2-3,6,8H2,1H3,(H,15,16). The van der Waals surface area contributed by atoms with E-state index in [4.69, 9.17) is 0 Å². The van der Waals surface area contributed by atoms with Crippen molar-refractivity contribution in [1.82, 2.24) is 5.32 Å². The van der Waals surface area contributed by atoms with E-state index in [1.165, 1.54) is 18.2 Å². The van der Waals surface area contributed by atoms with Crippen LogP contribution in [0.3, 0.4) is 0 Å². The Morgan fingerprint density at radius 1 is 1.47 bits per heavy atom. The molecule has 19 heavy (non-hydrogen) atoms. The highest BCUT2D eigenvalue weighted by Crippen LogP contribution is 2.19. The van der Waals surface area contributed by atoms with Crippen LogP contribution in [0, 0.1) is 12.7 Å². The molecule has 1 unspecified atom stereocenters. The fourth-order valence-electron chi connectivity index (χ4n) is 2.27. The Bertz CT molecular complexity index is 598. The van der Waals surface area contributed by atoms with Gasteiger partial charge in [-0.25, -0.2) is 12.8 Å². The van der Waals surface area contributed by atoms with Gasteiger partial charge in [0.05, 0.1) is 11.0 Å². The first-order chi connectivity index (χ1) is 8.90. The van der Waals surface area contributed by atoms with Crippen LogP contribution < -0.4 is 5.32 Å². The Kier molecular flexibility index (Phi) is 3.89. The molecule has 0 radical (unpaired) electrons. The van der Waals surface area contributed by atoms with E-state index in [0.717, 1.165) is 0 Å². The molecule has 1 saturated heterocycles. The van der Waals surface area contributed by atoms with E-state index in [-0.39, 0.29) is 18.2 Å². The summed E-state index contributed by atoms with van der Waals surface area (Å²) in [5.41, 5.74) is 0.906. The monoisotopic (exact) mass is 285 g/mol. The number of amides is 1. The van der Waals surface area contributed by atoms with Crippen molar-refractivity contribution in [3.8, 4) is 0 Å². The smallest absolute Gasteiger partial charge is 0.251 e. The molecule has 0 saturated carbocycles. The van der Waals surface area contributed by atoms with Crippen molar-refractivity contribution in [1.29, 1.82) is 0 Å². The summed E-state index contributed by atoms with van der Waals surface area (Å²) in [6.45, 7) is 1.77. The van der Waals surface area contributed by atoms with E-state index >= 15 is 0 Å². The second-order valence-corrected chi connectivity index (χ2v) is 7.20. The molecule has 1 fully saturated rings. The van der Waals surface area contributed by atoms with Crippen molar-refractivity contribution in [3.63, 3.8) is 0 Å². The molecular weight excluding hydrogens is 269 g/mol. The molecule has 1 N–H and O–H groups in total. The highest BCUT2D eigenvalue weighted by atomic mass is 32.2. The molecule has 6 heteroatoms. The van der Waals surface area contributed by atoms with Crippen LogP contribution in [-0.2, 0) is 9.84 Å². The third kappa shape index (κ3) is 3.12. The van der Waals surface area contributed by atoms with Crippen LogP contribution in [0.1, 0.15) is 28.8 Å². The molecule has 1 amide bonds. The molecule has 1 aromatic rings. The highest BCUT2D eigenvalue weighted by Gasteiger charge is 2.31. The number of aryl methyl sites for hydroxylation is 1. The third-order valence-corrected chi connectivity index (χ3v) is 5.66. The van der Waals surface area contributed by atoms with Crippen molar-refractivity contribution in [2.45, 2.75) is 25.0 Å². The molecule has 0 aliphatic carbocycles. The normalized spacial score (nSPS) is 21.3. The average Bonchev–Trinajstić information content (AvgIpc) is 2.65. The number of carbonyl (C=O) groups is 1. The van der Waals surface area contributed by atoms with Crippen LogP contribution in [0.2, 0.25) is 0 Å². The van der Waals surface area contributed by atoms with Gasteiger partial charge in [-0.3, -0.25) is 4.79 Å². The molecule has 0 bridgehead atoms. The first kappa shape index (κ1) is 14.0. The van der Waals surface area contributed by atoms with Gasteiger partial charge in [0.15, 0.2) is 9.84 Å². The number of sulfone groups is 1. The summed E-state index contributed by atoms with van der Waals surface area (Å²) < 4.78 is 36.2. The van der Waals surface area contributed by atoms with Crippen molar-refractivity contribution < 1.29 is 17.6 Å². The Labute approximate surface area is 111 Å². The summed E-state index contributed by atoms with van der Waals surface area (Å²) in [7, 11) is -3.06. The van der Waals surface area contributed by atoms with Gasteiger partial charge in [0.1, 0.15) is 5.82 Å². The van der Waals surface area contributed by atoms with E-state index in [0.29, 0.717) is 24.0 Å². The minimum atomic E-state index is -3.06. The Morgan fingerprint density at radius 3 is 2.79 bits per heavy atom. The Hall–Kier alpha value is -1.43. The van der Waals surface area contributed by atoms with Crippen LogP contribution in [0.4, 0.5) is 4.39 Å². The molecule has 1 heterocycles. The average molecular weight is 285 g/mol. The van der Waals surface area contributed by atoms with Crippen LogP contribution in [0.25, 0.3) is 0 Å². The molecular formula is C13H16FNO3S. The summed E-state index contributed by atoms with van der Waals surface area (Å²) in [5.74, 6) is -0.560. The number of benzene rings is 1. The van der Waals surface area contributed by atoms with Gasteiger partial charge in [-0.2, -0.15) is 0 Å². The maximum atomic E-state index is 12.9. The molecule has 1 aliphatic rings. The van der Waals surface area contributed by atoms with Gasteiger partial charge in [0.2, 0.25) is 0 Å². The molecule has 0 aromatic heterocycles. The zero-order chi connectivity index (χ0) is 14.0.